The van der Waals surface area contributed by atoms with Crippen molar-refractivity contribution in [1.82, 2.24) is 14.9 Å². The summed E-state index contributed by atoms with van der Waals surface area (Å²) in [6, 6.07) is 5.98. The molecule has 0 aliphatic heterocycles. The van der Waals surface area contributed by atoms with E-state index in [0.29, 0.717) is 13.0 Å². The smallest absolute Gasteiger partial charge is 0.284 e. The number of aldehydes is 1. The first kappa shape index (κ1) is 11.3. The Morgan fingerprint density at radius 1 is 1.53 bits per heavy atom. The van der Waals surface area contributed by atoms with Crippen molar-refractivity contribution < 1.29 is 9.59 Å². The number of fused-ring (bicyclic) bond motifs is 1. The van der Waals surface area contributed by atoms with Crippen molar-refractivity contribution >= 4 is 23.2 Å². The van der Waals surface area contributed by atoms with Gasteiger partial charge >= 0.3 is 0 Å². The molecule has 0 radical (unpaired) electrons. The summed E-state index contributed by atoms with van der Waals surface area (Å²) in [5.41, 5.74) is 3.10. The number of aryl methyl sites for hydroxylation is 1. The Morgan fingerprint density at radius 3 is 3.12 bits per heavy atom. The molecule has 0 spiro atoms. The Kier molecular flexibility index (Phi) is 3.18. The highest BCUT2D eigenvalue weighted by molar-refractivity contribution is 6.23. The molecule has 0 bridgehead atoms. The van der Waals surface area contributed by atoms with Crippen molar-refractivity contribution in [3.05, 3.63) is 30.1 Å². The second-order valence-corrected chi connectivity index (χ2v) is 3.84. The number of imidazole rings is 1. The van der Waals surface area contributed by atoms with Gasteiger partial charge in [-0.05, 0) is 24.1 Å². The maximum absolute atomic E-state index is 10.7. The van der Waals surface area contributed by atoms with Crippen molar-refractivity contribution in [2.24, 2.45) is 7.05 Å². The fourth-order valence-corrected chi connectivity index (χ4v) is 1.71. The predicted molar refractivity (Wildman–Crippen MR) is 63.5 cm³/mol. The number of benzene rings is 1. The topological polar surface area (TPSA) is 64.0 Å². The number of carbonyl (C=O) groups excluding carboxylic acids is 2. The maximum atomic E-state index is 10.7. The summed E-state index contributed by atoms with van der Waals surface area (Å²) in [6.45, 7) is 0.454. The molecular formula is C12H13N3O2. The van der Waals surface area contributed by atoms with Crippen LogP contribution < -0.4 is 5.32 Å². The Hall–Kier alpha value is -2.17. The van der Waals surface area contributed by atoms with Crippen molar-refractivity contribution in [1.29, 1.82) is 0 Å². The van der Waals surface area contributed by atoms with E-state index in [1.807, 2.05) is 29.8 Å². The molecular weight excluding hydrogens is 218 g/mol. The molecule has 1 N–H and O–H groups in total. The Balaban J connectivity index is 2.04. The number of aromatic nitrogens is 2. The standard InChI is InChI=1S/C12H13N3O2/c1-15-8-14-10-6-9(2-3-11(10)15)4-5-13-12(17)7-16/h2-3,6-8H,4-5H2,1H3,(H,13,17). The van der Waals surface area contributed by atoms with E-state index in [0.717, 1.165) is 16.6 Å². The van der Waals surface area contributed by atoms with Gasteiger partial charge in [0.15, 0.2) is 0 Å². The van der Waals surface area contributed by atoms with Gasteiger partial charge in [0.05, 0.1) is 17.4 Å². The summed E-state index contributed by atoms with van der Waals surface area (Å²) >= 11 is 0. The van der Waals surface area contributed by atoms with Crippen LogP contribution in [0.1, 0.15) is 5.56 Å². The molecule has 88 valence electrons. The van der Waals surface area contributed by atoms with Crippen LogP contribution in [0.5, 0.6) is 0 Å². The number of hydrogen-bond acceptors (Lipinski definition) is 3. The van der Waals surface area contributed by atoms with Gasteiger partial charge in [-0.3, -0.25) is 9.59 Å². The number of amides is 1. The summed E-state index contributed by atoms with van der Waals surface area (Å²) in [5.74, 6) is -0.580. The lowest BCUT2D eigenvalue weighted by Crippen LogP contribution is -2.26. The van der Waals surface area contributed by atoms with Crippen LogP contribution in [-0.2, 0) is 23.1 Å². The van der Waals surface area contributed by atoms with E-state index < -0.39 is 5.91 Å². The molecule has 0 saturated heterocycles. The van der Waals surface area contributed by atoms with Crippen LogP contribution in [0, 0.1) is 0 Å². The van der Waals surface area contributed by atoms with E-state index >= 15 is 0 Å². The van der Waals surface area contributed by atoms with E-state index in [1.165, 1.54) is 0 Å². The van der Waals surface area contributed by atoms with E-state index in [-0.39, 0.29) is 6.29 Å². The molecule has 1 aromatic heterocycles. The van der Waals surface area contributed by atoms with Crippen molar-refractivity contribution in [2.75, 3.05) is 6.54 Å². The lowest BCUT2D eigenvalue weighted by molar-refractivity contribution is -0.131. The summed E-state index contributed by atoms with van der Waals surface area (Å²) in [5, 5.41) is 2.50. The van der Waals surface area contributed by atoms with E-state index in [2.05, 4.69) is 10.3 Å². The summed E-state index contributed by atoms with van der Waals surface area (Å²) in [7, 11) is 1.94. The van der Waals surface area contributed by atoms with Gasteiger partial charge in [0.2, 0.25) is 6.29 Å². The maximum Gasteiger partial charge on any atom is 0.284 e. The van der Waals surface area contributed by atoms with Crippen molar-refractivity contribution in [3.63, 3.8) is 0 Å². The van der Waals surface area contributed by atoms with Crippen LogP contribution in [0.25, 0.3) is 11.0 Å². The summed E-state index contributed by atoms with van der Waals surface area (Å²) in [6.07, 6.45) is 2.73. The van der Waals surface area contributed by atoms with Gasteiger partial charge in [-0.15, -0.1) is 0 Å². The highest BCUT2D eigenvalue weighted by Gasteiger charge is 2.02. The van der Waals surface area contributed by atoms with E-state index in [1.54, 1.807) is 6.33 Å². The number of rotatable bonds is 4. The first-order valence-corrected chi connectivity index (χ1v) is 5.33. The molecule has 0 aliphatic carbocycles. The molecule has 0 aliphatic rings. The molecule has 0 saturated carbocycles. The van der Waals surface area contributed by atoms with Crippen LogP contribution in [0.2, 0.25) is 0 Å². The van der Waals surface area contributed by atoms with Gasteiger partial charge in [-0.2, -0.15) is 0 Å². The van der Waals surface area contributed by atoms with E-state index in [9.17, 15) is 9.59 Å². The number of hydrogen-bond donors (Lipinski definition) is 1. The highest BCUT2D eigenvalue weighted by Crippen LogP contribution is 2.13. The van der Waals surface area contributed by atoms with E-state index in [4.69, 9.17) is 0 Å². The molecule has 5 nitrogen and oxygen atoms in total. The molecule has 1 amide bonds. The van der Waals surface area contributed by atoms with Gasteiger partial charge in [-0.1, -0.05) is 6.07 Å². The predicted octanol–water partition coefficient (Wildman–Crippen LogP) is 0.431. The Morgan fingerprint density at radius 2 is 2.35 bits per heavy atom. The minimum absolute atomic E-state index is 0.280. The minimum atomic E-state index is -0.580. The van der Waals surface area contributed by atoms with Crippen LogP contribution in [0.3, 0.4) is 0 Å². The minimum Gasteiger partial charge on any atom is -0.349 e. The number of nitrogens with one attached hydrogen (secondary N) is 1. The molecule has 0 atom stereocenters. The Bertz CT molecular complexity index is 560. The number of carbonyl (C=O) groups is 2. The lowest BCUT2D eigenvalue weighted by atomic mass is 10.1. The third-order valence-electron chi connectivity index (χ3n) is 2.61. The molecule has 2 aromatic rings. The van der Waals surface area contributed by atoms with Crippen LogP contribution in [-0.4, -0.2) is 28.3 Å². The molecule has 0 unspecified atom stereocenters. The largest absolute Gasteiger partial charge is 0.349 e. The highest BCUT2D eigenvalue weighted by atomic mass is 16.2. The molecule has 1 heterocycles. The molecule has 2 rings (SSSR count). The molecule has 5 heteroatoms. The van der Waals surface area contributed by atoms with Gasteiger partial charge in [0, 0.05) is 13.6 Å². The third kappa shape index (κ3) is 2.50. The second-order valence-electron chi connectivity index (χ2n) is 3.84. The van der Waals surface area contributed by atoms with Gasteiger partial charge < -0.3 is 9.88 Å². The fraction of sp³-hybridized carbons (Fsp3) is 0.250. The van der Waals surface area contributed by atoms with Crippen molar-refractivity contribution in [3.8, 4) is 0 Å². The zero-order chi connectivity index (χ0) is 12.3. The Labute approximate surface area is 98.4 Å². The lowest BCUT2D eigenvalue weighted by Gasteiger charge is -2.02. The zero-order valence-electron chi connectivity index (χ0n) is 9.51. The number of nitrogens with zero attached hydrogens (tertiary/aromatic N) is 2. The summed E-state index contributed by atoms with van der Waals surface area (Å²) < 4.78 is 1.95. The zero-order valence-corrected chi connectivity index (χ0v) is 9.51. The van der Waals surface area contributed by atoms with Gasteiger partial charge in [0.1, 0.15) is 0 Å². The first-order chi connectivity index (χ1) is 8.20. The second kappa shape index (κ2) is 4.78. The summed E-state index contributed by atoms with van der Waals surface area (Å²) in [4.78, 5) is 25.1. The third-order valence-corrected chi connectivity index (χ3v) is 2.61. The van der Waals surface area contributed by atoms with Crippen molar-refractivity contribution in [2.45, 2.75) is 6.42 Å². The van der Waals surface area contributed by atoms with Gasteiger partial charge in [0.25, 0.3) is 5.91 Å². The molecule has 1 aromatic carbocycles. The van der Waals surface area contributed by atoms with Crippen LogP contribution >= 0.6 is 0 Å². The molecule has 17 heavy (non-hydrogen) atoms. The van der Waals surface area contributed by atoms with Crippen LogP contribution in [0.4, 0.5) is 0 Å². The average Bonchev–Trinajstić information content (AvgIpc) is 2.70. The average molecular weight is 231 g/mol. The normalized spacial score (nSPS) is 10.4. The monoisotopic (exact) mass is 231 g/mol. The van der Waals surface area contributed by atoms with Crippen LogP contribution in [0.15, 0.2) is 24.5 Å². The SMILES string of the molecule is Cn1cnc2cc(CCNC(=O)C=O)ccc21. The first-order valence-electron chi connectivity index (χ1n) is 5.33. The quantitative estimate of drug-likeness (QED) is 0.613. The van der Waals surface area contributed by atoms with Gasteiger partial charge in [-0.25, -0.2) is 4.98 Å². The molecule has 0 fully saturated rings. The fourth-order valence-electron chi connectivity index (χ4n) is 1.71.